The maximum Gasteiger partial charge on any atom is 0.228 e. The molecule has 2 aromatic rings. The van der Waals surface area contributed by atoms with Crippen LogP contribution >= 0.6 is 0 Å². The lowest BCUT2D eigenvalue weighted by Gasteiger charge is -2.26. The predicted octanol–water partition coefficient (Wildman–Crippen LogP) is 2.68. The molecule has 0 aliphatic carbocycles. The lowest BCUT2D eigenvalue weighted by molar-refractivity contribution is -0.120. The van der Waals surface area contributed by atoms with Crippen LogP contribution in [0.2, 0.25) is 0 Å². The van der Waals surface area contributed by atoms with Crippen LogP contribution in [-0.4, -0.2) is 28.7 Å². The number of amides is 1. The number of carbonyl (C=O) groups excluding carboxylic acids is 1. The highest BCUT2D eigenvalue weighted by Crippen LogP contribution is 2.25. The van der Waals surface area contributed by atoms with Gasteiger partial charge >= 0.3 is 0 Å². The van der Waals surface area contributed by atoms with Crippen LogP contribution in [-0.2, 0) is 4.79 Å². The summed E-state index contributed by atoms with van der Waals surface area (Å²) in [5, 5.41) is 12.6. The van der Waals surface area contributed by atoms with Crippen LogP contribution < -0.4 is 10.6 Å². The second kappa shape index (κ2) is 6.45. The van der Waals surface area contributed by atoms with E-state index in [2.05, 4.69) is 20.8 Å². The molecule has 0 unspecified atom stereocenters. The van der Waals surface area contributed by atoms with E-state index >= 15 is 0 Å². The quantitative estimate of drug-likeness (QED) is 0.814. The molecular weight excluding hydrogens is 302 g/mol. The van der Waals surface area contributed by atoms with Gasteiger partial charge < -0.3 is 10.6 Å². The van der Waals surface area contributed by atoms with Gasteiger partial charge in [-0.3, -0.25) is 9.89 Å². The smallest absolute Gasteiger partial charge is 0.228 e. The highest BCUT2D eigenvalue weighted by Gasteiger charge is 2.25. The van der Waals surface area contributed by atoms with Gasteiger partial charge in [-0.1, -0.05) is 6.07 Å². The van der Waals surface area contributed by atoms with E-state index in [0.717, 1.165) is 25.5 Å². The number of anilines is 1. The van der Waals surface area contributed by atoms with Crippen molar-refractivity contribution in [2.24, 2.45) is 5.92 Å². The molecule has 122 valence electrons. The molecule has 1 aliphatic heterocycles. The standard InChI is InChI=1S/C16H18F2N4O/c1-9-7-10(5-6-19-9)16(23)20-14-8-13(21-22-14)11-3-2-4-12(17)15(11)18/h2-4,8-10,19H,5-7H2,1H3,(H2,20,21,22,23)/t9-,10-/m0/s1. The highest BCUT2D eigenvalue weighted by molar-refractivity contribution is 5.92. The number of H-pyrrole nitrogens is 1. The van der Waals surface area contributed by atoms with Crippen LogP contribution in [0.4, 0.5) is 14.6 Å². The van der Waals surface area contributed by atoms with Crippen molar-refractivity contribution < 1.29 is 13.6 Å². The number of aromatic amines is 1. The molecule has 1 aliphatic rings. The molecule has 0 radical (unpaired) electrons. The van der Waals surface area contributed by atoms with Gasteiger partial charge in [-0.15, -0.1) is 0 Å². The van der Waals surface area contributed by atoms with E-state index in [1.54, 1.807) is 0 Å². The summed E-state index contributed by atoms with van der Waals surface area (Å²) < 4.78 is 27.1. The fourth-order valence-corrected chi connectivity index (χ4v) is 2.83. The SMILES string of the molecule is C[C@H]1C[C@@H](C(=O)Nc2cc(-c3cccc(F)c3F)[nH]n2)CCN1. The highest BCUT2D eigenvalue weighted by atomic mass is 19.2. The second-order valence-electron chi connectivity index (χ2n) is 5.83. The van der Waals surface area contributed by atoms with Gasteiger partial charge in [-0.25, -0.2) is 8.78 Å². The van der Waals surface area contributed by atoms with Crippen LogP contribution in [0.3, 0.4) is 0 Å². The summed E-state index contributed by atoms with van der Waals surface area (Å²) in [4.78, 5) is 12.3. The van der Waals surface area contributed by atoms with Crippen molar-refractivity contribution in [3.05, 3.63) is 35.9 Å². The van der Waals surface area contributed by atoms with Crippen LogP contribution in [0.5, 0.6) is 0 Å². The first kappa shape index (κ1) is 15.6. The molecule has 3 rings (SSSR count). The molecule has 0 saturated carbocycles. The molecular formula is C16H18F2N4O. The van der Waals surface area contributed by atoms with E-state index in [-0.39, 0.29) is 17.4 Å². The summed E-state index contributed by atoms with van der Waals surface area (Å²) in [7, 11) is 0. The average molecular weight is 320 g/mol. The number of hydrogen-bond acceptors (Lipinski definition) is 3. The molecule has 1 amide bonds. The number of halogens is 2. The number of benzene rings is 1. The van der Waals surface area contributed by atoms with E-state index in [1.165, 1.54) is 18.2 Å². The Bertz CT molecular complexity index is 716. The van der Waals surface area contributed by atoms with Gasteiger partial charge in [0, 0.05) is 23.6 Å². The molecule has 1 aromatic heterocycles. The zero-order valence-corrected chi connectivity index (χ0v) is 12.7. The van der Waals surface area contributed by atoms with Crippen LogP contribution in [0.25, 0.3) is 11.3 Å². The van der Waals surface area contributed by atoms with Crippen molar-refractivity contribution in [3.63, 3.8) is 0 Å². The van der Waals surface area contributed by atoms with Gasteiger partial charge in [-0.2, -0.15) is 5.10 Å². The van der Waals surface area contributed by atoms with Crippen molar-refractivity contribution in [2.45, 2.75) is 25.8 Å². The molecule has 7 heteroatoms. The van der Waals surface area contributed by atoms with Gasteiger partial charge in [0.1, 0.15) is 0 Å². The number of hydrogen-bond donors (Lipinski definition) is 3. The van der Waals surface area contributed by atoms with Gasteiger partial charge in [-0.05, 0) is 38.4 Å². The van der Waals surface area contributed by atoms with E-state index in [1.807, 2.05) is 6.92 Å². The van der Waals surface area contributed by atoms with Gasteiger partial charge in [0.25, 0.3) is 0 Å². The Morgan fingerprint density at radius 1 is 1.39 bits per heavy atom. The third-order valence-corrected chi connectivity index (χ3v) is 4.07. The van der Waals surface area contributed by atoms with Gasteiger partial charge in [0.15, 0.2) is 17.5 Å². The lowest BCUT2D eigenvalue weighted by Crippen LogP contribution is -2.40. The topological polar surface area (TPSA) is 69.8 Å². The number of nitrogens with one attached hydrogen (secondary N) is 3. The zero-order chi connectivity index (χ0) is 16.4. The second-order valence-corrected chi connectivity index (χ2v) is 5.83. The average Bonchev–Trinajstić information content (AvgIpc) is 2.98. The number of aromatic nitrogens is 2. The molecule has 2 atom stereocenters. The van der Waals surface area contributed by atoms with Crippen molar-refractivity contribution in [3.8, 4) is 11.3 Å². The zero-order valence-electron chi connectivity index (χ0n) is 12.7. The molecule has 3 N–H and O–H groups in total. The maximum atomic E-state index is 13.8. The molecule has 0 bridgehead atoms. The molecule has 5 nitrogen and oxygen atoms in total. The predicted molar refractivity (Wildman–Crippen MR) is 82.8 cm³/mol. The van der Waals surface area contributed by atoms with Crippen LogP contribution in [0, 0.1) is 17.6 Å². The minimum Gasteiger partial charge on any atom is -0.314 e. The lowest BCUT2D eigenvalue weighted by atomic mass is 9.92. The number of piperidine rings is 1. The fraction of sp³-hybridized carbons (Fsp3) is 0.375. The van der Waals surface area contributed by atoms with Crippen LogP contribution in [0.15, 0.2) is 24.3 Å². The number of rotatable bonds is 3. The Morgan fingerprint density at radius 3 is 3.00 bits per heavy atom. The summed E-state index contributed by atoms with van der Waals surface area (Å²) in [6.45, 7) is 2.85. The number of carbonyl (C=O) groups is 1. The normalized spacial score (nSPS) is 21.2. The fourth-order valence-electron chi connectivity index (χ4n) is 2.83. The molecule has 2 heterocycles. The Kier molecular flexibility index (Phi) is 4.38. The van der Waals surface area contributed by atoms with Crippen LogP contribution in [0.1, 0.15) is 19.8 Å². The number of nitrogens with zero attached hydrogens (tertiary/aromatic N) is 1. The molecule has 0 spiro atoms. The summed E-state index contributed by atoms with van der Waals surface area (Å²) in [6, 6.07) is 5.72. The first-order valence-corrected chi connectivity index (χ1v) is 7.58. The van der Waals surface area contributed by atoms with E-state index < -0.39 is 11.6 Å². The van der Waals surface area contributed by atoms with Crippen molar-refractivity contribution in [1.82, 2.24) is 15.5 Å². The van der Waals surface area contributed by atoms with Crippen molar-refractivity contribution in [1.29, 1.82) is 0 Å². The summed E-state index contributed by atoms with van der Waals surface area (Å²) >= 11 is 0. The van der Waals surface area contributed by atoms with E-state index in [4.69, 9.17) is 0 Å². The molecule has 1 fully saturated rings. The Labute approximate surface area is 132 Å². The molecule has 23 heavy (non-hydrogen) atoms. The van der Waals surface area contributed by atoms with E-state index in [0.29, 0.717) is 17.6 Å². The largest absolute Gasteiger partial charge is 0.314 e. The van der Waals surface area contributed by atoms with Crippen molar-refractivity contribution >= 4 is 11.7 Å². The van der Waals surface area contributed by atoms with Gasteiger partial charge in [0.2, 0.25) is 5.91 Å². The van der Waals surface area contributed by atoms with Gasteiger partial charge in [0.05, 0.1) is 5.69 Å². The third kappa shape index (κ3) is 3.39. The Morgan fingerprint density at radius 2 is 2.22 bits per heavy atom. The molecule has 1 saturated heterocycles. The first-order valence-electron chi connectivity index (χ1n) is 7.58. The van der Waals surface area contributed by atoms with Crippen molar-refractivity contribution in [2.75, 3.05) is 11.9 Å². The first-order chi connectivity index (χ1) is 11.0. The summed E-state index contributed by atoms with van der Waals surface area (Å²) in [5.41, 5.74) is 0.393. The molecule has 1 aromatic carbocycles. The third-order valence-electron chi connectivity index (χ3n) is 4.07. The Hall–Kier alpha value is -2.28. The summed E-state index contributed by atoms with van der Waals surface area (Å²) in [6.07, 6.45) is 1.54. The Balaban J connectivity index is 1.72. The van der Waals surface area contributed by atoms with E-state index in [9.17, 15) is 13.6 Å². The maximum absolute atomic E-state index is 13.8. The summed E-state index contributed by atoms with van der Waals surface area (Å²) in [5.74, 6) is -1.74. The minimum atomic E-state index is -0.943. The minimum absolute atomic E-state index is 0.0719. The monoisotopic (exact) mass is 320 g/mol.